The number of carbonyl (C=O) groups excluding carboxylic acids is 1. The second kappa shape index (κ2) is 10.2. The lowest BCUT2D eigenvalue weighted by atomic mass is 10.1. The van der Waals surface area contributed by atoms with Crippen molar-refractivity contribution in [1.82, 2.24) is 5.32 Å². The number of anilines is 1. The minimum atomic E-state index is -0.352. The number of carbonyl (C=O) groups is 1. The quantitative estimate of drug-likeness (QED) is 0.450. The Morgan fingerprint density at radius 2 is 1.89 bits per heavy atom. The van der Waals surface area contributed by atoms with Crippen molar-refractivity contribution in [3.63, 3.8) is 0 Å². The molecule has 0 heterocycles. The van der Waals surface area contributed by atoms with E-state index in [0.717, 1.165) is 11.1 Å². The van der Waals surface area contributed by atoms with Gasteiger partial charge in [-0.15, -0.1) is 0 Å². The monoisotopic (exact) mass is 380 g/mol. The molecule has 28 heavy (non-hydrogen) atoms. The molecule has 5 nitrogen and oxygen atoms in total. The van der Waals surface area contributed by atoms with Crippen LogP contribution in [-0.4, -0.2) is 31.0 Å². The molecule has 0 aliphatic rings. The molecule has 0 aromatic heterocycles. The lowest BCUT2D eigenvalue weighted by molar-refractivity contribution is -0.112. The molecule has 0 saturated heterocycles. The summed E-state index contributed by atoms with van der Waals surface area (Å²) in [6.07, 6.45) is 1.46. The van der Waals surface area contributed by atoms with E-state index in [1.54, 1.807) is 32.2 Å². The third-order valence-corrected chi connectivity index (χ3v) is 3.82. The van der Waals surface area contributed by atoms with E-state index in [0.29, 0.717) is 23.1 Å². The Bertz CT molecular complexity index is 932. The number of aliphatic imine (C=N–C) groups is 2. The smallest absolute Gasteiger partial charge is 0.156 e. The van der Waals surface area contributed by atoms with E-state index in [2.05, 4.69) is 20.6 Å². The maximum atomic E-state index is 13.8. The van der Waals surface area contributed by atoms with Crippen LogP contribution in [0.5, 0.6) is 0 Å². The zero-order valence-corrected chi connectivity index (χ0v) is 16.6. The molecule has 0 aliphatic carbocycles. The molecule has 0 fully saturated rings. The summed E-state index contributed by atoms with van der Waals surface area (Å²) in [5.74, 6) is 0.687. The molecule has 0 amide bonds. The SMILES string of the molecule is CN=C(N=C(C)N/C(=C\C(C)=O)CNc1ccccc1F)c1cccc(C)c1. The largest absolute Gasteiger partial charge is 0.377 e. The van der Waals surface area contributed by atoms with Crippen LogP contribution in [0.3, 0.4) is 0 Å². The van der Waals surface area contributed by atoms with E-state index in [9.17, 15) is 9.18 Å². The summed E-state index contributed by atoms with van der Waals surface area (Å²) in [7, 11) is 1.68. The molecule has 0 atom stereocenters. The molecule has 0 bridgehead atoms. The lowest BCUT2D eigenvalue weighted by Crippen LogP contribution is -2.26. The van der Waals surface area contributed by atoms with Gasteiger partial charge in [0.05, 0.1) is 12.2 Å². The number of hydrogen-bond acceptors (Lipinski definition) is 3. The molecule has 2 rings (SSSR count). The second-order valence-electron chi connectivity index (χ2n) is 6.35. The Hall–Kier alpha value is -3.28. The van der Waals surface area contributed by atoms with Crippen LogP contribution in [0.25, 0.3) is 0 Å². The van der Waals surface area contributed by atoms with E-state index in [1.165, 1.54) is 19.1 Å². The molecular weight excluding hydrogens is 355 g/mol. The molecule has 146 valence electrons. The van der Waals surface area contributed by atoms with Crippen molar-refractivity contribution in [2.45, 2.75) is 20.8 Å². The van der Waals surface area contributed by atoms with Crippen molar-refractivity contribution < 1.29 is 9.18 Å². The Labute approximate surface area is 165 Å². The third-order valence-electron chi connectivity index (χ3n) is 3.82. The second-order valence-corrected chi connectivity index (χ2v) is 6.35. The van der Waals surface area contributed by atoms with Crippen molar-refractivity contribution in [3.05, 3.63) is 77.2 Å². The number of nitrogens with one attached hydrogen (secondary N) is 2. The molecule has 0 saturated carbocycles. The third kappa shape index (κ3) is 6.46. The fraction of sp³-hybridized carbons (Fsp3) is 0.227. The molecule has 0 aliphatic heterocycles. The van der Waals surface area contributed by atoms with Gasteiger partial charge in [-0.2, -0.15) is 0 Å². The highest BCUT2D eigenvalue weighted by atomic mass is 19.1. The van der Waals surface area contributed by atoms with Gasteiger partial charge in [-0.25, -0.2) is 9.38 Å². The number of hydrogen-bond donors (Lipinski definition) is 2. The standard InChI is InChI=1S/C22H25FN4O/c1-15-8-7-9-18(12-15)22(24-4)27-17(3)26-19(13-16(2)28)14-25-21-11-6-5-10-20(21)23/h5-13,25H,14H2,1-4H3,(H,24,26,27)/b19-13-. The van der Waals surface area contributed by atoms with Crippen LogP contribution in [0, 0.1) is 12.7 Å². The maximum Gasteiger partial charge on any atom is 0.156 e. The van der Waals surface area contributed by atoms with Crippen molar-refractivity contribution >= 4 is 23.1 Å². The Balaban J connectivity index is 2.15. The Morgan fingerprint density at radius 3 is 2.54 bits per heavy atom. The normalized spacial score (nSPS) is 12.7. The number of benzene rings is 2. The van der Waals surface area contributed by atoms with Gasteiger partial charge >= 0.3 is 0 Å². The average Bonchev–Trinajstić information content (AvgIpc) is 2.64. The number of nitrogens with zero attached hydrogens (tertiary/aromatic N) is 2. The number of aryl methyl sites for hydroxylation is 1. The zero-order valence-electron chi connectivity index (χ0n) is 16.6. The van der Waals surface area contributed by atoms with Gasteiger partial charge in [-0.3, -0.25) is 9.79 Å². The maximum absolute atomic E-state index is 13.8. The molecule has 2 N–H and O–H groups in total. The van der Waals surface area contributed by atoms with Crippen molar-refractivity contribution in [1.29, 1.82) is 0 Å². The summed E-state index contributed by atoms with van der Waals surface area (Å²) in [5, 5.41) is 6.10. The summed E-state index contributed by atoms with van der Waals surface area (Å²) >= 11 is 0. The fourth-order valence-electron chi connectivity index (χ4n) is 2.62. The molecular formula is C22H25FN4O. The van der Waals surface area contributed by atoms with E-state index in [1.807, 2.05) is 31.2 Å². The van der Waals surface area contributed by atoms with E-state index < -0.39 is 0 Å². The van der Waals surface area contributed by atoms with Crippen LogP contribution in [0.1, 0.15) is 25.0 Å². The first-order chi connectivity index (χ1) is 13.4. The molecule has 6 heteroatoms. The van der Waals surface area contributed by atoms with Crippen LogP contribution in [0.4, 0.5) is 10.1 Å². The summed E-state index contributed by atoms with van der Waals surface area (Å²) in [6.45, 7) is 5.51. The van der Waals surface area contributed by atoms with Crippen molar-refractivity contribution in [3.8, 4) is 0 Å². The van der Waals surface area contributed by atoms with E-state index in [4.69, 9.17) is 0 Å². The number of halogens is 1. The van der Waals surface area contributed by atoms with Crippen LogP contribution in [0.2, 0.25) is 0 Å². The fourth-order valence-corrected chi connectivity index (χ4v) is 2.62. The van der Waals surface area contributed by atoms with E-state index in [-0.39, 0.29) is 18.1 Å². The summed E-state index contributed by atoms with van der Waals surface area (Å²) in [5.41, 5.74) is 2.97. The topological polar surface area (TPSA) is 65.8 Å². The van der Waals surface area contributed by atoms with Gasteiger partial charge in [0.1, 0.15) is 11.7 Å². The predicted octanol–water partition coefficient (Wildman–Crippen LogP) is 4.10. The van der Waals surface area contributed by atoms with Crippen molar-refractivity contribution in [2.24, 2.45) is 9.98 Å². The van der Waals surface area contributed by atoms with Gasteiger partial charge in [0, 0.05) is 24.4 Å². The van der Waals surface area contributed by atoms with Gasteiger partial charge < -0.3 is 10.6 Å². The van der Waals surface area contributed by atoms with Gasteiger partial charge in [0.15, 0.2) is 11.6 Å². The predicted molar refractivity (Wildman–Crippen MR) is 114 cm³/mol. The van der Waals surface area contributed by atoms with Crippen LogP contribution >= 0.6 is 0 Å². The number of para-hydroxylation sites is 1. The van der Waals surface area contributed by atoms with Crippen LogP contribution in [-0.2, 0) is 4.79 Å². The number of rotatable bonds is 6. The Kier molecular flexibility index (Phi) is 7.63. The first-order valence-electron chi connectivity index (χ1n) is 8.94. The number of ketones is 1. The minimum Gasteiger partial charge on any atom is -0.377 e. The highest BCUT2D eigenvalue weighted by Gasteiger charge is 2.06. The van der Waals surface area contributed by atoms with Crippen LogP contribution < -0.4 is 10.6 Å². The lowest BCUT2D eigenvalue weighted by Gasteiger charge is -2.13. The zero-order chi connectivity index (χ0) is 20.5. The molecule has 0 unspecified atom stereocenters. The number of amidine groups is 2. The van der Waals surface area contributed by atoms with Gasteiger partial charge in [0.2, 0.25) is 0 Å². The average molecular weight is 380 g/mol. The highest BCUT2D eigenvalue weighted by Crippen LogP contribution is 2.12. The van der Waals surface area contributed by atoms with Gasteiger partial charge in [-0.1, -0.05) is 35.9 Å². The van der Waals surface area contributed by atoms with Gasteiger partial charge in [0.25, 0.3) is 0 Å². The van der Waals surface area contributed by atoms with Gasteiger partial charge in [-0.05, 0) is 39.0 Å². The molecule has 2 aromatic rings. The van der Waals surface area contributed by atoms with Crippen molar-refractivity contribution in [2.75, 3.05) is 18.9 Å². The van der Waals surface area contributed by atoms with E-state index >= 15 is 0 Å². The van der Waals surface area contributed by atoms with Crippen LogP contribution in [0.15, 0.2) is 70.3 Å². The minimum absolute atomic E-state index is 0.117. The molecule has 0 radical (unpaired) electrons. The highest BCUT2D eigenvalue weighted by molar-refractivity contribution is 6.06. The Morgan fingerprint density at radius 1 is 1.14 bits per heavy atom. The summed E-state index contributed by atoms with van der Waals surface area (Å²) in [6, 6.07) is 14.3. The first kappa shape index (κ1) is 21.0. The summed E-state index contributed by atoms with van der Waals surface area (Å²) in [4.78, 5) is 20.3. The number of allylic oxidation sites excluding steroid dienone is 1. The first-order valence-corrected chi connectivity index (χ1v) is 8.94. The summed E-state index contributed by atoms with van der Waals surface area (Å²) < 4.78 is 13.8. The molecule has 2 aromatic carbocycles. The molecule has 0 spiro atoms.